The number of nitrogens with one attached hydrogen (secondary N) is 1. The predicted molar refractivity (Wildman–Crippen MR) is 149 cm³/mol. The van der Waals surface area contributed by atoms with Crippen molar-refractivity contribution in [3.8, 4) is 11.4 Å². The second-order valence-corrected chi connectivity index (χ2v) is 11.9. The number of rotatable bonds is 10. The molecule has 3 aromatic rings. The van der Waals surface area contributed by atoms with Gasteiger partial charge in [-0.2, -0.15) is 0 Å². The van der Waals surface area contributed by atoms with Crippen LogP contribution in [0.3, 0.4) is 0 Å². The van der Waals surface area contributed by atoms with E-state index in [1.807, 2.05) is 4.57 Å². The van der Waals surface area contributed by atoms with Gasteiger partial charge in [0.05, 0.1) is 17.9 Å². The van der Waals surface area contributed by atoms with Crippen LogP contribution in [0.4, 0.5) is 5.00 Å². The van der Waals surface area contributed by atoms with E-state index in [0.717, 1.165) is 49.1 Å². The number of nitrogens with zero attached hydrogens (tertiary/aromatic N) is 3. The van der Waals surface area contributed by atoms with Gasteiger partial charge in [-0.1, -0.05) is 38.1 Å². The van der Waals surface area contributed by atoms with E-state index in [9.17, 15) is 9.59 Å². The third-order valence-electron chi connectivity index (χ3n) is 5.96. The molecular weight excluding hydrogens is 513 g/mol. The van der Waals surface area contributed by atoms with E-state index in [0.29, 0.717) is 34.8 Å². The van der Waals surface area contributed by atoms with Gasteiger partial charge < -0.3 is 10.1 Å². The summed E-state index contributed by atoms with van der Waals surface area (Å²) in [5.41, 5.74) is 2.60. The fourth-order valence-corrected chi connectivity index (χ4v) is 7.16. The molecule has 0 fully saturated rings. The number of thioether (sulfide) groups is 1. The molecule has 4 rings (SSSR count). The minimum absolute atomic E-state index is 0.154. The first-order valence-corrected chi connectivity index (χ1v) is 15.0. The summed E-state index contributed by atoms with van der Waals surface area (Å²) in [6, 6.07) is 2.15. The molecule has 10 heteroatoms. The van der Waals surface area contributed by atoms with Gasteiger partial charge in [0.15, 0.2) is 11.0 Å². The topological polar surface area (TPSA) is 86.1 Å². The Balaban J connectivity index is 1.50. The largest absolute Gasteiger partial charge is 0.462 e. The third kappa shape index (κ3) is 5.92. The van der Waals surface area contributed by atoms with Crippen molar-refractivity contribution in [3.05, 3.63) is 45.0 Å². The molecule has 192 valence electrons. The Kier molecular flexibility index (Phi) is 9.03. The van der Waals surface area contributed by atoms with E-state index in [2.05, 4.69) is 47.4 Å². The van der Waals surface area contributed by atoms with Crippen molar-refractivity contribution in [2.24, 2.45) is 0 Å². The van der Waals surface area contributed by atoms with Crippen LogP contribution in [0.2, 0.25) is 0 Å². The number of aromatic nitrogens is 3. The van der Waals surface area contributed by atoms with Crippen LogP contribution in [0.1, 0.15) is 71.6 Å². The zero-order valence-corrected chi connectivity index (χ0v) is 23.4. The molecule has 0 radical (unpaired) electrons. The zero-order valence-electron chi connectivity index (χ0n) is 21.0. The second kappa shape index (κ2) is 12.2. The van der Waals surface area contributed by atoms with Crippen LogP contribution in [-0.2, 0) is 28.9 Å². The van der Waals surface area contributed by atoms with Gasteiger partial charge in [-0.05, 0) is 50.2 Å². The normalized spacial score (nSPS) is 13.3. The van der Waals surface area contributed by atoms with Gasteiger partial charge in [-0.25, -0.2) is 4.79 Å². The highest BCUT2D eigenvalue weighted by molar-refractivity contribution is 7.99. The smallest absolute Gasteiger partial charge is 0.341 e. The number of fused-ring (bicyclic) bond motifs is 1. The summed E-state index contributed by atoms with van der Waals surface area (Å²) in [7, 11) is 0. The van der Waals surface area contributed by atoms with Crippen molar-refractivity contribution in [1.82, 2.24) is 14.8 Å². The first-order valence-electron chi connectivity index (χ1n) is 12.3. The minimum Gasteiger partial charge on any atom is -0.462 e. The van der Waals surface area contributed by atoms with Crippen molar-refractivity contribution in [1.29, 1.82) is 0 Å². The number of hydrogen-bond donors (Lipinski definition) is 1. The Morgan fingerprint density at radius 1 is 1.28 bits per heavy atom. The number of anilines is 1. The molecule has 0 spiro atoms. The maximum Gasteiger partial charge on any atom is 0.341 e. The highest BCUT2D eigenvalue weighted by Crippen LogP contribution is 2.38. The van der Waals surface area contributed by atoms with Gasteiger partial charge in [0.2, 0.25) is 5.91 Å². The average molecular weight is 545 g/mol. The molecular formula is C26H32N4O3S3. The monoisotopic (exact) mass is 544 g/mol. The van der Waals surface area contributed by atoms with Crippen LogP contribution in [0, 0.1) is 0 Å². The number of carbonyl (C=O) groups excluding carboxylic acids is 2. The van der Waals surface area contributed by atoms with Crippen LogP contribution in [0.25, 0.3) is 11.4 Å². The molecule has 7 nitrogen and oxygen atoms in total. The van der Waals surface area contributed by atoms with Gasteiger partial charge in [-0.15, -0.1) is 39.4 Å². The molecule has 0 saturated carbocycles. The summed E-state index contributed by atoms with van der Waals surface area (Å²) in [6.45, 7) is 10.9. The molecule has 1 N–H and O–H groups in total. The lowest BCUT2D eigenvalue weighted by molar-refractivity contribution is -0.113. The highest BCUT2D eigenvalue weighted by atomic mass is 32.2. The Morgan fingerprint density at radius 2 is 2.08 bits per heavy atom. The molecule has 0 bridgehead atoms. The van der Waals surface area contributed by atoms with E-state index in [-0.39, 0.29) is 17.6 Å². The fraction of sp³-hybridized carbons (Fsp3) is 0.462. The molecule has 1 amide bonds. The number of thiophene rings is 2. The molecule has 3 aromatic heterocycles. The third-order valence-corrected chi connectivity index (χ3v) is 9.37. The van der Waals surface area contributed by atoms with E-state index in [4.69, 9.17) is 4.74 Å². The van der Waals surface area contributed by atoms with Crippen LogP contribution in [0.15, 0.2) is 29.3 Å². The number of hydrogen-bond acceptors (Lipinski definition) is 8. The molecule has 0 saturated heterocycles. The summed E-state index contributed by atoms with van der Waals surface area (Å²) < 4.78 is 7.31. The SMILES string of the molecule is C=CCn1c(SCC(=O)Nc2sc3c(c2C(=O)OCC)CCCCC3)nnc1-c1csc(C(C)C)c1. The molecule has 1 aliphatic carbocycles. The summed E-state index contributed by atoms with van der Waals surface area (Å²) in [5.74, 6) is 0.832. The second-order valence-electron chi connectivity index (χ2n) is 8.92. The lowest BCUT2D eigenvalue weighted by Gasteiger charge is -2.09. The first-order chi connectivity index (χ1) is 17.4. The van der Waals surface area contributed by atoms with Crippen molar-refractivity contribution in [2.45, 2.75) is 70.5 Å². The number of carbonyl (C=O) groups is 2. The van der Waals surface area contributed by atoms with Gasteiger partial charge in [0, 0.05) is 27.2 Å². The Labute approximate surface area is 224 Å². The van der Waals surface area contributed by atoms with E-state index in [1.165, 1.54) is 32.9 Å². The highest BCUT2D eigenvalue weighted by Gasteiger charge is 2.27. The molecule has 0 aliphatic heterocycles. The van der Waals surface area contributed by atoms with Crippen molar-refractivity contribution >= 4 is 51.3 Å². The fourth-order valence-electron chi connectivity index (χ4n) is 4.22. The average Bonchev–Trinajstić information content (AvgIpc) is 3.52. The maximum atomic E-state index is 13.0. The standard InChI is InChI=1S/C26H32N4O3S3/c1-5-12-30-23(17-13-20(16(3)4)34-14-17)28-29-26(30)35-15-21(31)27-24-22(25(32)33-6-2)18-10-8-7-9-11-19(18)36-24/h5,13-14,16H,1,6-12,15H2,2-4H3,(H,27,31). The van der Waals surface area contributed by atoms with Crippen LogP contribution >= 0.6 is 34.4 Å². The molecule has 3 heterocycles. The Hall–Kier alpha value is -2.43. The number of esters is 1. The van der Waals surface area contributed by atoms with Crippen molar-refractivity contribution in [3.63, 3.8) is 0 Å². The summed E-state index contributed by atoms with van der Waals surface area (Å²) >= 11 is 4.55. The Morgan fingerprint density at radius 3 is 2.81 bits per heavy atom. The van der Waals surface area contributed by atoms with Gasteiger partial charge in [0.1, 0.15) is 5.00 Å². The zero-order chi connectivity index (χ0) is 25.7. The number of amides is 1. The lowest BCUT2D eigenvalue weighted by atomic mass is 10.1. The number of allylic oxidation sites excluding steroid dienone is 1. The lowest BCUT2D eigenvalue weighted by Crippen LogP contribution is -2.17. The van der Waals surface area contributed by atoms with Crippen molar-refractivity contribution in [2.75, 3.05) is 17.7 Å². The molecule has 0 aromatic carbocycles. The molecule has 36 heavy (non-hydrogen) atoms. The molecule has 1 aliphatic rings. The van der Waals surface area contributed by atoms with Crippen LogP contribution in [-0.4, -0.2) is 39.0 Å². The van der Waals surface area contributed by atoms with Gasteiger partial charge >= 0.3 is 5.97 Å². The quantitative estimate of drug-likeness (QED) is 0.135. The molecule has 0 unspecified atom stereocenters. The van der Waals surface area contributed by atoms with Crippen molar-refractivity contribution < 1.29 is 14.3 Å². The summed E-state index contributed by atoms with van der Waals surface area (Å²) in [4.78, 5) is 28.2. The van der Waals surface area contributed by atoms with E-state index < -0.39 is 0 Å². The van der Waals surface area contributed by atoms with Gasteiger partial charge in [-0.3, -0.25) is 9.36 Å². The molecule has 0 atom stereocenters. The minimum atomic E-state index is -0.355. The Bertz CT molecular complexity index is 1240. The summed E-state index contributed by atoms with van der Waals surface area (Å²) in [6.07, 6.45) is 6.88. The van der Waals surface area contributed by atoms with E-state index in [1.54, 1.807) is 24.3 Å². The number of ether oxygens (including phenoxy) is 1. The van der Waals surface area contributed by atoms with Gasteiger partial charge in [0.25, 0.3) is 0 Å². The van der Waals surface area contributed by atoms with Crippen LogP contribution < -0.4 is 5.32 Å². The van der Waals surface area contributed by atoms with Crippen LogP contribution in [0.5, 0.6) is 0 Å². The van der Waals surface area contributed by atoms with E-state index >= 15 is 0 Å². The predicted octanol–water partition coefficient (Wildman–Crippen LogP) is 6.55. The maximum absolute atomic E-state index is 13.0. The number of aryl methyl sites for hydroxylation is 1. The first kappa shape index (κ1) is 26.6. The summed E-state index contributed by atoms with van der Waals surface area (Å²) in [5, 5.41) is 15.1.